The molecule has 0 heterocycles. The molecule has 1 aromatic carbocycles. The number of nitrogens with zero attached hydrogens (tertiary/aromatic N) is 1. The average Bonchev–Trinajstić information content (AvgIpc) is 2.67. The Morgan fingerprint density at radius 3 is 2.31 bits per heavy atom. The quantitative estimate of drug-likeness (QED) is 0.717. The van der Waals surface area contributed by atoms with Crippen LogP contribution < -0.4 is 5.32 Å². The van der Waals surface area contributed by atoms with E-state index in [-0.39, 0.29) is 6.04 Å². The fraction of sp³-hybridized carbons (Fsp3) is 0.600. The molecule has 1 N–H and O–H groups in total. The lowest BCUT2D eigenvalue weighted by Gasteiger charge is -2.23. The summed E-state index contributed by atoms with van der Waals surface area (Å²) in [4.78, 5) is 26.3. The smallest absolute Gasteiger partial charge is 0.312 e. The molecule has 6 nitrogen and oxygen atoms in total. The molecule has 26 heavy (non-hydrogen) atoms. The number of benzene rings is 1. The van der Waals surface area contributed by atoms with Gasteiger partial charge in [0.1, 0.15) is 0 Å². The molecule has 144 valence electrons. The molecule has 0 saturated heterocycles. The van der Waals surface area contributed by atoms with Crippen LogP contribution in [0.2, 0.25) is 0 Å². The van der Waals surface area contributed by atoms with Gasteiger partial charge in [0.05, 0.1) is 19.3 Å². The molecule has 1 aliphatic carbocycles. The van der Waals surface area contributed by atoms with Crippen LogP contribution in [0.15, 0.2) is 18.2 Å². The van der Waals surface area contributed by atoms with E-state index in [1.807, 2.05) is 13.0 Å². The third kappa shape index (κ3) is 5.54. The molecule has 1 unspecified atom stereocenters. The van der Waals surface area contributed by atoms with Crippen molar-refractivity contribution in [3.8, 4) is 0 Å². The van der Waals surface area contributed by atoms with Gasteiger partial charge < -0.3 is 19.7 Å². The minimum atomic E-state index is -0.595. The molecule has 6 heteroatoms. The Kier molecular flexibility index (Phi) is 8.06. The molecule has 0 fully saturated rings. The van der Waals surface area contributed by atoms with Gasteiger partial charge in [0, 0.05) is 27.3 Å². The number of methoxy groups -OCH3 is 2. The summed E-state index contributed by atoms with van der Waals surface area (Å²) in [7, 11) is 3.13. The zero-order valence-corrected chi connectivity index (χ0v) is 16.0. The number of rotatable bonds is 8. The van der Waals surface area contributed by atoms with E-state index in [0.717, 1.165) is 18.4 Å². The number of carbonyl (C=O) groups excluding carboxylic acids is 2. The Morgan fingerprint density at radius 2 is 1.69 bits per heavy atom. The molecule has 2 rings (SSSR count). The minimum Gasteiger partial charge on any atom is -0.383 e. The van der Waals surface area contributed by atoms with Crippen molar-refractivity contribution in [3.63, 3.8) is 0 Å². The summed E-state index contributed by atoms with van der Waals surface area (Å²) < 4.78 is 10.0. The largest absolute Gasteiger partial charge is 0.383 e. The number of ether oxygens (including phenoxy) is 2. The molecular formula is C20H30N2O4. The molecule has 1 aliphatic rings. The highest BCUT2D eigenvalue weighted by atomic mass is 16.5. The van der Waals surface area contributed by atoms with Crippen LogP contribution in [-0.4, -0.2) is 57.2 Å². The first kappa shape index (κ1) is 20.4. The maximum Gasteiger partial charge on any atom is 0.312 e. The normalized spacial score (nSPS) is 14.4. The number of amides is 2. The van der Waals surface area contributed by atoms with Crippen LogP contribution in [0.4, 0.5) is 0 Å². The first-order valence-electron chi connectivity index (χ1n) is 9.26. The Hall–Kier alpha value is -1.92. The summed E-state index contributed by atoms with van der Waals surface area (Å²) in [5, 5.41) is 2.82. The molecule has 1 atom stereocenters. The summed E-state index contributed by atoms with van der Waals surface area (Å²) in [5.41, 5.74) is 3.80. The second-order valence-electron chi connectivity index (χ2n) is 6.71. The number of carbonyl (C=O) groups is 2. The fourth-order valence-corrected chi connectivity index (χ4v) is 3.23. The van der Waals surface area contributed by atoms with Crippen molar-refractivity contribution in [2.24, 2.45) is 0 Å². The maximum absolute atomic E-state index is 12.5. The minimum absolute atomic E-state index is 0.217. The first-order chi connectivity index (χ1) is 12.6. The van der Waals surface area contributed by atoms with Crippen molar-refractivity contribution in [2.45, 2.75) is 38.6 Å². The Bertz CT molecular complexity index is 610. The summed E-state index contributed by atoms with van der Waals surface area (Å²) in [6.07, 6.45) is 4.67. The zero-order chi connectivity index (χ0) is 18.9. The van der Waals surface area contributed by atoms with E-state index in [1.165, 1.54) is 28.9 Å². The van der Waals surface area contributed by atoms with Crippen LogP contribution in [0, 0.1) is 0 Å². The summed E-state index contributed by atoms with van der Waals surface area (Å²) >= 11 is 0. The topological polar surface area (TPSA) is 67.9 Å². The van der Waals surface area contributed by atoms with Gasteiger partial charge in [-0.3, -0.25) is 9.59 Å². The van der Waals surface area contributed by atoms with E-state index in [1.54, 1.807) is 14.2 Å². The third-order valence-corrected chi connectivity index (χ3v) is 4.83. The van der Waals surface area contributed by atoms with Gasteiger partial charge in [-0.1, -0.05) is 18.2 Å². The van der Waals surface area contributed by atoms with E-state index in [2.05, 4.69) is 17.4 Å². The molecule has 0 aromatic heterocycles. The van der Waals surface area contributed by atoms with Gasteiger partial charge in [0.15, 0.2) is 0 Å². The van der Waals surface area contributed by atoms with Gasteiger partial charge >= 0.3 is 11.8 Å². The third-order valence-electron chi connectivity index (χ3n) is 4.83. The molecular weight excluding hydrogens is 332 g/mol. The second kappa shape index (κ2) is 10.3. The zero-order valence-electron chi connectivity index (χ0n) is 16.0. The Morgan fingerprint density at radius 1 is 1.08 bits per heavy atom. The van der Waals surface area contributed by atoms with Crippen LogP contribution in [0.1, 0.15) is 42.5 Å². The standard InChI is InChI=1S/C20H30N2O4/c1-15(17-9-8-16-6-4-5-7-18(16)14-17)21-19(23)20(24)22(10-12-25-2)11-13-26-3/h8-9,14-15H,4-7,10-13H2,1-3H3,(H,21,23). The van der Waals surface area contributed by atoms with Crippen LogP contribution in [0.5, 0.6) is 0 Å². The molecule has 0 bridgehead atoms. The lowest BCUT2D eigenvalue weighted by molar-refractivity contribution is -0.147. The van der Waals surface area contributed by atoms with Crippen molar-refractivity contribution in [1.82, 2.24) is 10.2 Å². The first-order valence-corrected chi connectivity index (χ1v) is 9.26. The lowest BCUT2D eigenvalue weighted by atomic mass is 9.89. The predicted molar refractivity (Wildman–Crippen MR) is 100.0 cm³/mol. The van der Waals surface area contributed by atoms with E-state index in [4.69, 9.17) is 9.47 Å². The fourth-order valence-electron chi connectivity index (χ4n) is 3.23. The van der Waals surface area contributed by atoms with Crippen molar-refractivity contribution in [3.05, 3.63) is 34.9 Å². The van der Waals surface area contributed by atoms with Gasteiger partial charge in [-0.05, 0) is 49.3 Å². The second-order valence-corrected chi connectivity index (χ2v) is 6.71. The Balaban J connectivity index is 1.98. The van der Waals surface area contributed by atoms with Crippen LogP contribution >= 0.6 is 0 Å². The van der Waals surface area contributed by atoms with Gasteiger partial charge in [0.25, 0.3) is 0 Å². The average molecular weight is 362 g/mol. The molecule has 0 radical (unpaired) electrons. The van der Waals surface area contributed by atoms with Crippen molar-refractivity contribution in [1.29, 1.82) is 0 Å². The molecule has 0 saturated carbocycles. The van der Waals surface area contributed by atoms with Crippen LogP contribution in [-0.2, 0) is 31.9 Å². The van der Waals surface area contributed by atoms with Gasteiger partial charge in [0.2, 0.25) is 0 Å². The number of aryl methyl sites for hydroxylation is 2. The van der Waals surface area contributed by atoms with E-state index in [9.17, 15) is 9.59 Å². The highest BCUT2D eigenvalue weighted by Crippen LogP contribution is 2.24. The van der Waals surface area contributed by atoms with Crippen LogP contribution in [0.3, 0.4) is 0 Å². The maximum atomic E-state index is 12.5. The monoisotopic (exact) mass is 362 g/mol. The molecule has 0 aliphatic heterocycles. The number of nitrogens with one attached hydrogen (secondary N) is 1. The predicted octanol–water partition coefficient (Wildman–Crippen LogP) is 1.86. The van der Waals surface area contributed by atoms with Gasteiger partial charge in [-0.2, -0.15) is 0 Å². The SMILES string of the molecule is COCCN(CCOC)C(=O)C(=O)NC(C)c1ccc2c(c1)CCCC2. The molecule has 1 aromatic rings. The number of hydrogen-bond acceptors (Lipinski definition) is 4. The van der Waals surface area contributed by atoms with Crippen molar-refractivity contribution < 1.29 is 19.1 Å². The summed E-state index contributed by atoms with van der Waals surface area (Å²) in [5.74, 6) is -1.15. The van der Waals surface area contributed by atoms with Crippen molar-refractivity contribution >= 4 is 11.8 Å². The van der Waals surface area contributed by atoms with E-state index in [0.29, 0.717) is 26.3 Å². The summed E-state index contributed by atoms with van der Waals surface area (Å²) in [6, 6.07) is 6.15. The lowest BCUT2D eigenvalue weighted by Crippen LogP contribution is -2.46. The van der Waals surface area contributed by atoms with E-state index < -0.39 is 11.8 Å². The highest BCUT2D eigenvalue weighted by Gasteiger charge is 2.23. The van der Waals surface area contributed by atoms with Crippen LogP contribution in [0.25, 0.3) is 0 Å². The van der Waals surface area contributed by atoms with E-state index >= 15 is 0 Å². The molecule has 2 amide bonds. The molecule has 0 spiro atoms. The van der Waals surface area contributed by atoms with Gasteiger partial charge in [-0.25, -0.2) is 0 Å². The van der Waals surface area contributed by atoms with Crippen molar-refractivity contribution in [2.75, 3.05) is 40.5 Å². The number of hydrogen-bond donors (Lipinski definition) is 1. The highest BCUT2D eigenvalue weighted by molar-refractivity contribution is 6.35. The number of fused-ring (bicyclic) bond motifs is 1. The summed E-state index contributed by atoms with van der Waals surface area (Å²) in [6.45, 7) is 3.38. The van der Waals surface area contributed by atoms with Gasteiger partial charge in [-0.15, -0.1) is 0 Å². The Labute approximate surface area is 155 Å².